The van der Waals surface area contributed by atoms with Crippen LogP contribution in [0.15, 0.2) is 51.5 Å². The van der Waals surface area contributed by atoms with Crippen molar-refractivity contribution in [2.24, 2.45) is 10.2 Å². The molecule has 0 radical (unpaired) electrons. The van der Waals surface area contributed by atoms with Crippen molar-refractivity contribution in [1.29, 1.82) is 0 Å². The van der Waals surface area contributed by atoms with Gasteiger partial charge >= 0.3 is 0 Å². The van der Waals surface area contributed by atoms with Crippen molar-refractivity contribution in [3.63, 3.8) is 0 Å². The Bertz CT molecular complexity index is 814. The lowest BCUT2D eigenvalue weighted by Crippen LogP contribution is -1.97. The van der Waals surface area contributed by atoms with Gasteiger partial charge in [0.05, 0.1) is 16.3 Å². The van der Waals surface area contributed by atoms with Crippen LogP contribution in [0.1, 0.15) is 11.1 Å². The van der Waals surface area contributed by atoms with Gasteiger partial charge in [-0.1, -0.05) is 0 Å². The molecule has 21 heavy (non-hydrogen) atoms. The van der Waals surface area contributed by atoms with Crippen LogP contribution in [-0.4, -0.2) is 13.0 Å². The number of aryl methyl sites for hydroxylation is 2. The quantitative estimate of drug-likeness (QED) is 0.514. The molecule has 0 bridgehead atoms. The molecule has 0 fully saturated rings. The lowest BCUT2D eigenvalue weighted by molar-refractivity contribution is 0.483. The van der Waals surface area contributed by atoms with Crippen LogP contribution in [0.3, 0.4) is 0 Å². The van der Waals surface area contributed by atoms with Gasteiger partial charge in [-0.2, -0.15) is 18.6 Å². The summed E-state index contributed by atoms with van der Waals surface area (Å²) in [4.78, 5) is -0.165. The van der Waals surface area contributed by atoms with Crippen LogP contribution in [0, 0.1) is 13.8 Å². The van der Waals surface area contributed by atoms with Gasteiger partial charge in [0.15, 0.2) is 0 Å². The zero-order valence-corrected chi connectivity index (χ0v) is 12.4. The molecule has 0 aliphatic heterocycles. The Hall–Kier alpha value is -2.25. The van der Waals surface area contributed by atoms with Crippen molar-refractivity contribution < 1.29 is 13.0 Å². The molecule has 0 heterocycles. The highest BCUT2D eigenvalue weighted by atomic mass is 32.2. The standard InChI is InChI=1S/C14H15N3O3S/c1-9-7-11(3-5-13(9)15)16-17-14-6-4-12(8-10(14)2)21(18,19)20/h3-8H,15H2,1-2H3,(H,18,19,20)/b17-16+. The van der Waals surface area contributed by atoms with Crippen LogP contribution in [0.4, 0.5) is 17.1 Å². The lowest BCUT2D eigenvalue weighted by atomic mass is 10.2. The van der Waals surface area contributed by atoms with Crippen LogP contribution in [0.2, 0.25) is 0 Å². The Morgan fingerprint density at radius 2 is 1.71 bits per heavy atom. The normalized spacial score (nSPS) is 12.0. The highest BCUT2D eigenvalue weighted by molar-refractivity contribution is 7.85. The SMILES string of the molecule is Cc1cc(/N=N/c2ccc(S(=O)(=O)O)cc2C)ccc1N. The molecule has 0 aromatic heterocycles. The van der Waals surface area contributed by atoms with E-state index in [0.717, 1.165) is 5.56 Å². The van der Waals surface area contributed by atoms with E-state index in [2.05, 4.69) is 10.2 Å². The van der Waals surface area contributed by atoms with Gasteiger partial charge in [-0.05, 0) is 61.4 Å². The number of nitrogens with zero attached hydrogens (tertiary/aromatic N) is 2. The Labute approximate surface area is 123 Å². The van der Waals surface area contributed by atoms with E-state index < -0.39 is 10.1 Å². The summed E-state index contributed by atoms with van der Waals surface area (Å²) in [7, 11) is -4.21. The molecule has 0 atom stereocenters. The predicted octanol–water partition coefficient (Wildman–Crippen LogP) is 3.55. The predicted molar refractivity (Wildman–Crippen MR) is 80.8 cm³/mol. The summed E-state index contributed by atoms with van der Waals surface area (Å²) in [6.07, 6.45) is 0. The lowest BCUT2D eigenvalue weighted by Gasteiger charge is -2.03. The fourth-order valence-electron chi connectivity index (χ4n) is 1.73. The van der Waals surface area contributed by atoms with Gasteiger partial charge in [-0.3, -0.25) is 4.55 Å². The van der Waals surface area contributed by atoms with E-state index in [1.54, 1.807) is 25.1 Å². The van der Waals surface area contributed by atoms with E-state index >= 15 is 0 Å². The molecule has 0 saturated heterocycles. The van der Waals surface area contributed by atoms with Crippen molar-refractivity contribution in [3.8, 4) is 0 Å². The third kappa shape index (κ3) is 3.65. The van der Waals surface area contributed by atoms with Crippen molar-refractivity contribution in [3.05, 3.63) is 47.5 Å². The van der Waals surface area contributed by atoms with Gasteiger partial charge in [0.25, 0.3) is 10.1 Å². The Morgan fingerprint density at radius 1 is 1.00 bits per heavy atom. The summed E-state index contributed by atoms with van der Waals surface area (Å²) < 4.78 is 31.0. The fourth-order valence-corrected chi connectivity index (χ4v) is 2.30. The number of hydrogen-bond donors (Lipinski definition) is 2. The second-order valence-electron chi connectivity index (χ2n) is 4.66. The monoisotopic (exact) mass is 305 g/mol. The van der Waals surface area contributed by atoms with E-state index in [1.165, 1.54) is 18.2 Å². The molecular weight excluding hydrogens is 290 g/mol. The van der Waals surface area contributed by atoms with Gasteiger partial charge in [0.1, 0.15) is 0 Å². The molecule has 2 rings (SSSR count). The smallest absolute Gasteiger partial charge is 0.294 e. The first-order valence-electron chi connectivity index (χ1n) is 6.13. The molecule has 6 nitrogen and oxygen atoms in total. The van der Waals surface area contributed by atoms with Gasteiger partial charge in [0.2, 0.25) is 0 Å². The van der Waals surface area contributed by atoms with Crippen molar-refractivity contribution in [2.75, 3.05) is 5.73 Å². The molecule has 0 amide bonds. The number of nitrogens with two attached hydrogens (primary N) is 1. The van der Waals surface area contributed by atoms with E-state index in [1.807, 2.05) is 6.92 Å². The minimum Gasteiger partial charge on any atom is -0.399 e. The average Bonchev–Trinajstić information content (AvgIpc) is 2.40. The first-order valence-corrected chi connectivity index (χ1v) is 7.57. The molecule has 2 aromatic carbocycles. The van der Waals surface area contributed by atoms with E-state index in [-0.39, 0.29) is 4.90 Å². The second kappa shape index (κ2) is 5.63. The van der Waals surface area contributed by atoms with Crippen molar-refractivity contribution >= 4 is 27.2 Å². The van der Waals surface area contributed by atoms with Crippen LogP contribution < -0.4 is 5.73 Å². The minimum atomic E-state index is -4.21. The summed E-state index contributed by atoms with van der Waals surface area (Å²) in [5.74, 6) is 0. The van der Waals surface area contributed by atoms with Gasteiger partial charge < -0.3 is 5.73 Å². The summed E-state index contributed by atoms with van der Waals surface area (Å²) in [6.45, 7) is 3.57. The molecular formula is C14H15N3O3S. The number of benzene rings is 2. The first-order chi connectivity index (χ1) is 9.77. The first kappa shape index (κ1) is 15.1. The van der Waals surface area contributed by atoms with Gasteiger partial charge in [0, 0.05) is 5.69 Å². The maximum Gasteiger partial charge on any atom is 0.294 e. The maximum absolute atomic E-state index is 11.0. The summed E-state index contributed by atoms with van der Waals surface area (Å²) in [5, 5.41) is 8.17. The molecule has 7 heteroatoms. The summed E-state index contributed by atoms with van der Waals surface area (Å²) >= 11 is 0. The average molecular weight is 305 g/mol. The summed E-state index contributed by atoms with van der Waals surface area (Å²) in [5.41, 5.74) is 9.09. The number of nitrogen functional groups attached to an aromatic ring is 1. The highest BCUT2D eigenvalue weighted by Crippen LogP contribution is 2.25. The van der Waals surface area contributed by atoms with Crippen LogP contribution in [0.25, 0.3) is 0 Å². The maximum atomic E-state index is 11.0. The number of hydrogen-bond acceptors (Lipinski definition) is 5. The Kier molecular flexibility index (Phi) is 4.06. The zero-order valence-electron chi connectivity index (χ0n) is 11.6. The molecule has 0 aliphatic rings. The third-order valence-electron chi connectivity index (χ3n) is 2.99. The number of rotatable bonds is 3. The summed E-state index contributed by atoms with van der Waals surface area (Å²) in [6, 6.07) is 9.42. The van der Waals surface area contributed by atoms with Crippen molar-refractivity contribution in [1.82, 2.24) is 0 Å². The topological polar surface area (TPSA) is 105 Å². The van der Waals surface area contributed by atoms with Gasteiger partial charge in [-0.15, -0.1) is 0 Å². The van der Waals surface area contributed by atoms with E-state index in [9.17, 15) is 8.42 Å². The molecule has 0 unspecified atom stereocenters. The van der Waals surface area contributed by atoms with Crippen LogP contribution >= 0.6 is 0 Å². The zero-order chi connectivity index (χ0) is 15.6. The molecule has 3 N–H and O–H groups in total. The molecule has 110 valence electrons. The molecule has 0 aliphatic carbocycles. The van der Waals surface area contributed by atoms with Gasteiger partial charge in [-0.25, -0.2) is 0 Å². The molecule has 2 aromatic rings. The Balaban J connectivity index is 2.31. The van der Waals surface area contributed by atoms with Crippen LogP contribution in [-0.2, 0) is 10.1 Å². The third-order valence-corrected chi connectivity index (χ3v) is 3.84. The second-order valence-corrected chi connectivity index (χ2v) is 6.09. The van der Waals surface area contributed by atoms with E-state index in [4.69, 9.17) is 10.3 Å². The number of azo groups is 1. The van der Waals surface area contributed by atoms with Crippen molar-refractivity contribution in [2.45, 2.75) is 18.7 Å². The fraction of sp³-hybridized carbons (Fsp3) is 0.143. The molecule has 0 spiro atoms. The van der Waals surface area contributed by atoms with Crippen LogP contribution in [0.5, 0.6) is 0 Å². The largest absolute Gasteiger partial charge is 0.399 e. The van der Waals surface area contributed by atoms with E-state index in [0.29, 0.717) is 22.6 Å². The Morgan fingerprint density at radius 3 is 2.29 bits per heavy atom. The minimum absolute atomic E-state index is 0.165. The molecule has 0 saturated carbocycles. The highest BCUT2D eigenvalue weighted by Gasteiger charge is 2.10. The number of anilines is 1.